The van der Waals surface area contributed by atoms with Crippen LogP contribution in [0.5, 0.6) is 0 Å². The van der Waals surface area contributed by atoms with Crippen molar-refractivity contribution in [3.63, 3.8) is 0 Å². The highest BCUT2D eigenvalue weighted by Crippen LogP contribution is 2.16. The van der Waals surface area contributed by atoms with Gasteiger partial charge in [0.1, 0.15) is 5.82 Å². The summed E-state index contributed by atoms with van der Waals surface area (Å²) in [6.07, 6.45) is 6.23. The Bertz CT molecular complexity index is 668. The quantitative estimate of drug-likeness (QED) is 0.914. The summed E-state index contributed by atoms with van der Waals surface area (Å²) in [7, 11) is 0. The topological polar surface area (TPSA) is 61.4 Å². The van der Waals surface area contributed by atoms with Gasteiger partial charge in [-0.25, -0.2) is 4.98 Å². The number of nitrogens with zero attached hydrogens (tertiary/aromatic N) is 4. The average Bonchev–Trinajstić information content (AvgIpc) is 2.67. The zero-order valence-electron chi connectivity index (χ0n) is 14.0. The van der Waals surface area contributed by atoms with Crippen LogP contribution in [-0.4, -0.2) is 53.5 Å². The van der Waals surface area contributed by atoms with E-state index < -0.39 is 0 Å². The van der Waals surface area contributed by atoms with Crippen molar-refractivity contribution < 1.29 is 4.79 Å². The summed E-state index contributed by atoms with van der Waals surface area (Å²) in [4.78, 5) is 25.4. The molecule has 24 heavy (non-hydrogen) atoms. The van der Waals surface area contributed by atoms with Crippen molar-refractivity contribution in [1.29, 1.82) is 0 Å². The van der Waals surface area contributed by atoms with E-state index in [9.17, 15) is 4.79 Å². The molecule has 1 amide bonds. The molecule has 0 saturated carbocycles. The number of pyridine rings is 2. The maximum Gasteiger partial charge on any atom is 0.255 e. The molecule has 3 rings (SSSR count). The number of carbonyl (C=O) groups is 1. The number of aromatic nitrogens is 2. The molecule has 6 heteroatoms. The molecule has 6 nitrogen and oxygen atoms in total. The van der Waals surface area contributed by atoms with E-state index in [1.165, 1.54) is 0 Å². The number of amides is 1. The van der Waals surface area contributed by atoms with Crippen molar-refractivity contribution in [2.45, 2.75) is 13.3 Å². The molecule has 1 saturated heterocycles. The minimum atomic E-state index is 0.0447. The molecule has 0 atom stereocenters. The molecule has 1 fully saturated rings. The molecule has 126 valence electrons. The highest BCUT2D eigenvalue weighted by Gasteiger charge is 2.23. The number of piperazine rings is 1. The van der Waals surface area contributed by atoms with Gasteiger partial charge in [0.05, 0.1) is 11.3 Å². The van der Waals surface area contributed by atoms with E-state index >= 15 is 0 Å². The van der Waals surface area contributed by atoms with Crippen LogP contribution in [-0.2, 0) is 0 Å². The van der Waals surface area contributed by atoms with Crippen LogP contribution in [0.1, 0.15) is 23.7 Å². The summed E-state index contributed by atoms with van der Waals surface area (Å²) in [6, 6.07) is 7.79. The SMILES string of the molecule is CCCNc1cncc(C(=O)N2CCN(c3ccccn3)CC2)c1. The Labute approximate surface area is 142 Å². The van der Waals surface area contributed by atoms with E-state index in [1.807, 2.05) is 29.2 Å². The first kappa shape index (κ1) is 16.2. The third-order valence-electron chi connectivity index (χ3n) is 4.10. The Morgan fingerprint density at radius 3 is 2.75 bits per heavy atom. The lowest BCUT2D eigenvalue weighted by Gasteiger charge is -2.35. The number of hydrogen-bond donors (Lipinski definition) is 1. The molecule has 0 radical (unpaired) electrons. The number of nitrogens with one attached hydrogen (secondary N) is 1. The van der Waals surface area contributed by atoms with Crippen molar-refractivity contribution in [1.82, 2.24) is 14.9 Å². The van der Waals surface area contributed by atoms with Gasteiger partial charge >= 0.3 is 0 Å². The van der Waals surface area contributed by atoms with Gasteiger partial charge in [0.2, 0.25) is 0 Å². The van der Waals surface area contributed by atoms with Crippen molar-refractivity contribution >= 4 is 17.4 Å². The Balaban J connectivity index is 1.61. The van der Waals surface area contributed by atoms with Gasteiger partial charge in [-0.15, -0.1) is 0 Å². The largest absolute Gasteiger partial charge is 0.384 e. The minimum Gasteiger partial charge on any atom is -0.384 e. The predicted octanol–water partition coefficient (Wildman–Crippen LogP) is 2.26. The Hall–Kier alpha value is -2.63. The summed E-state index contributed by atoms with van der Waals surface area (Å²) in [6.45, 7) is 5.97. The maximum absolute atomic E-state index is 12.7. The fourth-order valence-electron chi connectivity index (χ4n) is 2.78. The second-order valence-electron chi connectivity index (χ2n) is 5.86. The lowest BCUT2D eigenvalue weighted by molar-refractivity contribution is 0.0746. The third-order valence-corrected chi connectivity index (χ3v) is 4.10. The van der Waals surface area contributed by atoms with Crippen LogP contribution in [0.3, 0.4) is 0 Å². The maximum atomic E-state index is 12.7. The monoisotopic (exact) mass is 325 g/mol. The average molecular weight is 325 g/mol. The zero-order valence-corrected chi connectivity index (χ0v) is 14.0. The van der Waals surface area contributed by atoms with Crippen molar-refractivity contribution in [3.8, 4) is 0 Å². The van der Waals surface area contributed by atoms with Crippen molar-refractivity contribution in [2.24, 2.45) is 0 Å². The molecule has 0 aromatic carbocycles. The first-order valence-corrected chi connectivity index (χ1v) is 8.42. The standard InChI is InChI=1S/C18H23N5O/c1-2-6-20-16-12-15(13-19-14-16)18(24)23-10-8-22(9-11-23)17-5-3-4-7-21-17/h3-5,7,12-14,20H,2,6,8-11H2,1H3. The van der Waals surface area contributed by atoms with Crippen molar-refractivity contribution in [2.75, 3.05) is 42.9 Å². The van der Waals surface area contributed by atoms with Gasteiger partial charge in [-0.1, -0.05) is 13.0 Å². The molecule has 0 aliphatic carbocycles. The summed E-state index contributed by atoms with van der Waals surface area (Å²) in [5, 5.41) is 3.27. The van der Waals surface area contributed by atoms with Crippen LogP contribution < -0.4 is 10.2 Å². The Kier molecular flexibility index (Phi) is 5.25. The second-order valence-corrected chi connectivity index (χ2v) is 5.86. The van der Waals surface area contributed by atoms with Crippen LogP contribution in [0.4, 0.5) is 11.5 Å². The van der Waals surface area contributed by atoms with Gasteiger partial charge in [-0.3, -0.25) is 9.78 Å². The smallest absolute Gasteiger partial charge is 0.255 e. The van der Waals surface area contributed by atoms with Gasteiger partial charge in [0, 0.05) is 51.3 Å². The molecule has 1 aliphatic heterocycles. The molecule has 0 unspecified atom stereocenters. The van der Waals surface area contributed by atoms with Crippen LogP contribution in [0.15, 0.2) is 42.9 Å². The first-order valence-electron chi connectivity index (χ1n) is 8.42. The normalized spacial score (nSPS) is 14.5. The van der Waals surface area contributed by atoms with Gasteiger partial charge in [0.15, 0.2) is 0 Å². The highest BCUT2D eigenvalue weighted by molar-refractivity contribution is 5.94. The number of rotatable bonds is 5. The summed E-state index contributed by atoms with van der Waals surface area (Å²) in [5.41, 5.74) is 1.54. The minimum absolute atomic E-state index is 0.0447. The van der Waals surface area contributed by atoms with E-state index in [2.05, 4.69) is 27.1 Å². The summed E-state index contributed by atoms with van der Waals surface area (Å²) < 4.78 is 0. The second kappa shape index (κ2) is 7.77. The molecule has 0 spiro atoms. The molecule has 3 heterocycles. The molecule has 2 aromatic heterocycles. The summed E-state index contributed by atoms with van der Waals surface area (Å²) >= 11 is 0. The molecule has 1 N–H and O–H groups in total. The van der Waals surface area contributed by atoms with Crippen molar-refractivity contribution in [3.05, 3.63) is 48.4 Å². The zero-order chi connectivity index (χ0) is 16.8. The Morgan fingerprint density at radius 2 is 2.04 bits per heavy atom. The lowest BCUT2D eigenvalue weighted by Crippen LogP contribution is -2.49. The van der Waals surface area contributed by atoms with E-state index in [4.69, 9.17) is 0 Å². The lowest BCUT2D eigenvalue weighted by atomic mass is 10.2. The molecular formula is C18H23N5O. The van der Waals surface area contributed by atoms with Crippen LogP contribution in [0, 0.1) is 0 Å². The van der Waals surface area contributed by atoms with E-state index in [0.29, 0.717) is 18.7 Å². The highest BCUT2D eigenvalue weighted by atomic mass is 16.2. The molecule has 2 aromatic rings. The van der Waals surface area contributed by atoms with E-state index in [1.54, 1.807) is 18.6 Å². The molecule has 0 bridgehead atoms. The van der Waals surface area contributed by atoms with Gasteiger partial charge in [-0.2, -0.15) is 0 Å². The van der Waals surface area contributed by atoms with Gasteiger partial charge in [0.25, 0.3) is 5.91 Å². The Morgan fingerprint density at radius 1 is 1.21 bits per heavy atom. The molecular weight excluding hydrogens is 302 g/mol. The van der Waals surface area contributed by atoms with Gasteiger partial charge in [-0.05, 0) is 24.6 Å². The van der Waals surface area contributed by atoms with E-state index in [-0.39, 0.29) is 5.91 Å². The number of anilines is 2. The van der Waals surface area contributed by atoms with Gasteiger partial charge < -0.3 is 15.1 Å². The number of carbonyl (C=O) groups excluding carboxylic acids is 1. The van der Waals surface area contributed by atoms with Crippen LogP contribution >= 0.6 is 0 Å². The predicted molar refractivity (Wildman–Crippen MR) is 95.4 cm³/mol. The summed E-state index contributed by atoms with van der Waals surface area (Å²) in [5.74, 6) is 1.01. The first-order chi connectivity index (χ1) is 11.8. The molecule has 1 aliphatic rings. The van der Waals surface area contributed by atoms with Crippen LogP contribution in [0.25, 0.3) is 0 Å². The van der Waals surface area contributed by atoms with Crippen LogP contribution in [0.2, 0.25) is 0 Å². The third kappa shape index (κ3) is 3.82. The number of hydrogen-bond acceptors (Lipinski definition) is 5. The fourth-order valence-corrected chi connectivity index (χ4v) is 2.78. The fraction of sp³-hybridized carbons (Fsp3) is 0.389. The van der Waals surface area contributed by atoms with E-state index in [0.717, 1.165) is 37.6 Å².